The van der Waals surface area contributed by atoms with Gasteiger partial charge in [0, 0.05) is 25.2 Å². The van der Waals surface area contributed by atoms with Gasteiger partial charge in [0.2, 0.25) is 5.91 Å². The average molecular weight is 344 g/mol. The Kier molecular flexibility index (Phi) is 5.07. The van der Waals surface area contributed by atoms with Gasteiger partial charge < -0.3 is 10.2 Å². The predicted octanol–water partition coefficient (Wildman–Crippen LogP) is 3.73. The van der Waals surface area contributed by atoms with Crippen LogP contribution in [0.25, 0.3) is 0 Å². The van der Waals surface area contributed by atoms with Crippen LogP contribution in [0.1, 0.15) is 35.2 Å². The van der Waals surface area contributed by atoms with Gasteiger partial charge in [-0.05, 0) is 42.7 Å². The lowest BCUT2D eigenvalue weighted by Crippen LogP contribution is -2.34. The molecule has 0 radical (unpaired) electrons. The normalized spacial score (nSPS) is 14.5. The molecule has 1 heterocycles. The average Bonchev–Trinajstić information content (AvgIpc) is 2.57. The van der Waals surface area contributed by atoms with E-state index >= 15 is 0 Å². The van der Waals surface area contributed by atoms with Crippen molar-refractivity contribution >= 4 is 17.5 Å². The van der Waals surface area contributed by atoms with Crippen LogP contribution < -0.4 is 5.32 Å². The van der Waals surface area contributed by atoms with Gasteiger partial charge in [0.25, 0.3) is 5.91 Å². The summed E-state index contributed by atoms with van der Waals surface area (Å²) < 4.78 is 27.4. The van der Waals surface area contributed by atoms with Gasteiger partial charge in [-0.3, -0.25) is 9.59 Å². The summed E-state index contributed by atoms with van der Waals surface area (Å²) in [7, 11) is 0. The van der Waals surface area contributed by atoms with Gasteiger partial charge in [-0.15, -0.1) is 0 Å². The minimum Gasteiger partial charge on any atom is -0.338 e. The maximum atomic E-state index is 13.7. The third-order valence-corrected chi connectivity index (χ3v) is 4.17. The lowest BCUT2D eigenvalue weighted by atomic mass is 10.1. The second-order valence-corrected chi connectivity index (χ2v) is 6.02. The fourth-order valence-corrected chi connectivity index (χ4v) is 2.91. The van der Waals surface area contributed by atoms with E-state index < -0.39 is 23.1 Å². The van der Waals surface area contributed by atoms with E-state index in [9.17, 15) is 18.4 Å². The number of likely N-dealkylation sites (tertiary alicyclic amines) is 1. The van der Waals surface area contributed by atoms with Crippen molar-refractivity contribution < 1.29 is 18.4 Å². The van der Waals surface area contributed by atoms with E-state index in [2.05, 4.69) is 5.32 Å². The van der Waals surface area contributed by atoms with Gasteiger partial charge in [-0.2, -0.15) is 0 Å². The summed E-state index contributed by atoms with van der Waals surface area (Å²) in [5.41, 5.74) is 0.663. The molecule has 1 aliphatic rings. The smallest absolute Gasteiger partial charge is 0.261 e. The monoisotopic (exact) mass is 344 g/mol. The zero-order chi connectivity index (χ0) is 17.8. The molecular weight excluding hydrogens is 326 g/mol. The number of rotatable bonds is 4. The highest BCUT2D eigenvalue weighted by Gasteiger charge is 2.19. The Labute approximate surface area is 144 Å². The number of halogens is 2. The maximum absolute atomic E-state index is 13.7. The first-order chi connectivity index (χ1) is 12.0. The molecule has 25 heavy (non-hydrogen) atoms. The van der Waals surface area contributed by atoms with Gasteiger partial charge in [0.05, 0.1) is 0 Å². The van der Waals surface area contributed by atoms with Crippen LogP contribution in [0.2, 0.25) is 0 Å². The highest BCUT2D eigenvalue weighted by atomic mass is 19.1. The lowest BCUT2D eigenvalue weighted by molar-refractivity contribution is -0.133. The number of nitrogens with one attached hydrogen (secondary N) is 1. The van der Waals surface area contributed by atoms with Gasteiger partial charge in [0.15, 0.2) is 0 Å². The third kappa shape index (κ3) is 4.02. The Hall–Kier alpha value is -2.76. The molecule has 4 nitrogen and oxygen atoms in total. The van der Waals surface area contributed by atoms with Crippen molar-refractivity contribution in [1.82, 2.24) is 4.90 Å². The number of amides is 2. The van der Waals surface area contributed by atoms with Crippen molar-refractivity contribution in [1.29, 1.82) is 0 Å². The third-order valence-electron chi connectivity index (χ3n) is 4.17. The molecule has 0 aromatic heterocycles. The second kappa shape index (κ2) is 7.42. The van der Waals surface area contributed by atoms with Crippen LogP contribution in [0.5, 0.6) is 0 Å². The number of hydrogen-bond donors (Lipinski definition) is 1. The fourth-order valence-electron chi connectivity index (χ4n) is 2.91. The summed E-state index contributed by atoms with van der Waals surface area (Å²) in [5.74, 6) is -2.55. The minimum atomic E-state index is -0.910. The van der Waals surface area contributed by atoms with Crippen LogP contribution in [-0.2, 0) is 11.3 Å². The van der Waals surface area contributed by atoms with Crippen LogP contribution in [0.4, 0.5) is 14.5 Å². The molecule has 0 bridgehead atoms. The first kappa shape index (κ1) is 17.1. The number of carbonyl (C=O) groups is 2. The van der Waals surface area contributed by atoms with Gasteiger partial charge in [-0.1, -0.05) is 18.2 Å². The molecule has 0 saturated carbocycles. The highest BCUT2D eigenvalue weighted by molar-refractivity contribution is 6.04. The van der Waals surface area contributed by atoms with E-state index in [0.717, 1.165) is 37.1 Å². The van der Waals surface area contributed by atoms with Crippen molar-refractivity contribution in [3.63, 3.8) is 0 Å². The molecule has 1 fully saturated rings. The van der Waals surface area contributed by atoms with E-state index in [4.69, 9.17) is 0 Å². The number of anilines is 1. The number of piperidine rings is 1. The standard InChI is InChI=1S/C19H18F2N2O2/c20-15-7-4-8-16(21)18(15)19(25)22-14-6-3-5-13(11-14)12-23-10-2-1-9-17(23)24/h3-8,11H,1-2,9-10,12H2,(H,22,25). The summed E-state index contributed by atoms with van der Waals surface area (Å²) in [4.78, 5) is 25.8. The van der Waals surface area contributed by atoms with E-state index in [0.29, 0.717) is 18.7 Å². The highest BCUT2D eigenvalue weighted by Crippen LogP contribution is 2.19. The molecule has 130 valence electrons. The van der Waals surface area contributed by atoms with E-state index in [1.54, 1.807) is 23.1 Å². The van der Waals surface area contributed by atoms with Gasteiger partial charge in [-0.25, -0.2) is 8.78 Å². The molecule has 2 aromatic carbocycles. The molecule has 1 N–H and O–H groups in total. The van der Waals surface area contributed by atoms with Crippen LogP contribution in [-0.4, -0.2) is 23.3 Å². The van der Waals surface area contributed by atoms with Crippen molar-refractivity contribution in [2.75, 3.05) is 11.9 Å². The lowest BCUT2D eigenvalue weighted by Gasteiger charge is -2.26. The minimum absolute atomic E-state index is 0.120. The SMILES string of the molecule is O=C(Nc1cccc(CN2CCCCC2=O)c1)c1c(F)cccc1F. The van der Waals surface area contributed by atoms with Gasteiger partial charge in [0.1, 0.15) is 17.2 Å². The molecule has 1 aliphatic heterocycles. The van der Waals surface area contributed by atoms with E-state index in [-0.39, 0.29) is 5.91 Å². The fraction of sp³-hybridized carbons (Fsp3) is 0.263. The topological polar surface area (TPSA) is 49.4 Å². The predicted molar refractivity (Wildman–Crippen MR) is 90.0 cm³/mol. The summed E-state index contributed by atoms with van der Waals surface area (Å²) >= 11 is 0. The summed E-state index contributed by atoms with van der Waals surface area (Å²) in [5, 5.41) is 2.51. The molecule has 0 atom stereocenters. The Morgan fingerprint density at radius 2 is 1.80 bits per heavy atom. The van der Waals surface area contributed by atoms with E-state index in [1.807, 2.05) is 6.07 Å². The Morgan fingerprint density at radius 3 is 2.52 bits per heavy atom. The van der Waals surface area contributed by atoms with Crippen LogP contribution in [0, 0.1) is 11.6 Å². The largest absolute Gasteiger partial charge is 0.338 e. The maximum Gasteiger partial charge on any atom is 0.261 e. The second-order valence-electron chi connectivity index (χ2n) is 6.02. The summed E-state index contributed by atoms with van der Waals surface area (Å²) in [6.07, 6.45) is 2.46. The molecule has 2 aromatic rings. The van der Waals surface area contributed by atoms with Crippen molar-refractivity contribution in [3.8, 4) is 0 Å². The number of benzene rings is 2. The quantitative estimate of drug-likeness (QED) is 0.919. The summed E-state index contributed by atoms with van der Waals surface area (Å²) in [6, 6.07) is 10.2. The Bertz CT molecular complexity index is 788. The van der Waals surface area contributed by atoms with Crippen LogP contribution in [0.3, 0.4) is 0 Å². The molecular formula is C19H18F2N2O2. The van der Waals surface area contributed by atoms with Crippen LogP contribution >= 0.6 is 0 Å². The van der Waals surface area contributed by atoms with Crippen molar-refractivity contribution in [2.45, 2.75) is 25.8 Å². The number of hydrogen-bond acceptors (Lipinski definition) is 2. The molecule has 1 saturated heterocycles. The van der Waals surface area contributed by atoms with E-state index in [1.165, 1.54) is 6.07 Å². The Morgan fingerprint density at radius 1 is 1.08 bits per heavy atom. The summed E-state index contributed by atoms with van der Waals surface area (Å²) in [6.45, 7) is 1.17. The zero-order valence-electron chi connectivity index (χ0n) is 13.6. The first-order valence-corrected chi connectivity index (χ1v) is 8.16. The first-order valence-electron chi connectivity index (χ1n) is 8.16. The van der Waals surface area contributed by atoms with Gasteiger partial charge >= 0.3 is 0 Å². The van der Waals surface area contributed by atoms with Crippen molar-refractivity contribution in [2.24, 2.45) is 0 Å². The van der Waals surface area contributed by atoms with Crippen LogP contribution in [0.15, 0.2) is 42.5 Å². The molecule has 0 spiro atoms. The molecule has 0 aliphatic carbocycles. The molecule has 0 unspecified atom stereocenters. The molecule has 2 amide bonds. The van der Waals surface area contributed by atoms with Crippen molar-refractivity contribution in [3.05, 3.63) is 65.2 Å². The zero-order valence-corrected chi connectivity index (χ0v) is 13.6. The number of carbonyl (C=O) groups excluding carboxylic acids is 2. The number of nitrogens with zero attached hydrogens (tertiary/aromatic N) is 1. The molecule has 6 heteroatoms. The molecule has 3 rings (SSSR count). The Balaban J connectivity index is 1.73.